The molecule has 1 aliphatic heterocycles. The Morgan fingerprint density at radius 3 is 2.18 bits per heavy atom. The highest BCUT2D eigenvalue weighted by molar-refractivity contribution is 4.83. The summed E-state index contributed by atoms with van der Waals surface area (Å²) in [6.07, 6.45) is 20.2. The van der Waals surface area contributed by atoms with E-state index in [4.69, 9.17) is 0 Å². The highest BCUT2D eigenvalue weighted by Crippen LogP contribution is 2.11. The van der Waals surface area contributed by atoms with Crippen molar-refractivity contribution in [3.8, 4) is 0 Å². The van der Waals surface area contributed by atoms with E-state index in [1.165, 1.54) is 83.7 Å². The zero-order chi connectivity index (χ0) is 12.2. The molecule has 0 radical (unpaired) electrons. The zero-order valence-corrected chi connectivity index (χ0v) is 11.8. The third-order valence-electron chi connectivity index (χ3n) is 3.68. The molecule has 0 spiro atoms. The van der Waals surface area contributed by atoms with E-state index in [0.29, 0.717) is 0 Å². The van der Waals surface area contributed by atoms with Gasteiger partial charge in [-0.2, -0.15) is 0 Å². The lowest BCUT2D eigenvalue weighted by molar-refractivity contribution is 0.308. The lowest BCUT2D eigenvalue weighted by Crippen LogP contribution is -2.24. The normalized spacial score (nSPS) is 16.9. The first-order valence-corrected chi connectivity index (χ1v) is 7.84. The molecule has 0 aromatic heterocycles. The van der Waals surface area contributed by atoms with Gasteiger partial charge < -0.3 is 4.90 Å². The third kappa shape index (κ3) is 8.29. The first kappa shape index (κ1) is 14.6. The molecule has 0 bridgehead atoms. The maximum absolute atomic E-state index is 2.49. The Morgan fingerprint density at radius 1 is 0.824 bits per heavy atom. The summed E-state index contributed by atoms with van der Waals surface area (Å²) in [5, 5.41) is 0. The number of hydrogen-bond acceptors (Lipinski definition) is 1. The molecule has 1 aliphatic rings. The van der Waals surface area contributed by atoms with Crippen molar-refractivity contribution in [1.29, 1.82) is 0 Å². The summed E-state index contributed by atoms with van der Waals surface area (Å²) in [7, 11) is 0. The minimum absolute atomic E-state index is 1.28. The van der Waals surface area contributed by atoms with Crippen LogP contribution in [0, 0.1) is 0 Å². The second-order valence-corrected chi connectivity index (χ2v) is 5.39. The number of rotatable bonds is 9. The minimum Gasteiger partial charge on any atom is -0.378 e. The van der Waals surface area contributed by atoms with E-state index < -0.39 is 0 Å². The maximum Gasteiger partial charge on any atom is 0.0172 e. The highest BCUT2D eigenvalue weighted by atomic mass is 15.1. The number of nitrogens with zero attached hydrogens (tertiary/aromatic N) is 1. The van der Waals surface area contributed by atoms with Gasteiger partial charge in [-0.05, 0) is 38.3 Å². The fourth-order valence-electron chi connectivity index (χ4n) is 2.51. The molecular formula is C16H31N. The molecule has 17 heavy (non-hydrogen) atoms. The number of piperidine rings is 1. The summed E-state index contributed by atoms with van der Waals surface area (Å²) >= 11 is 0. The van der Waals surface area contributed by atoms with Gasteiger partial charge in [0.25, 0.3) is 0 Å². The van der Waals surface area contributed by atoms with Crippen LogP contribution in [0.1, 0.15) is 77.6 Å². The van der Waals surface area contributed by atoms with Crippen LogP contribution in [0.25, 0.3) is 0 Å². The van der Waals surface area contributed by atoms with Gasteiger partial charge in [0.05, 0.1) is 0 Å². The number of allylic oxidation sites excluding steroid dienone is 1. The van der Waals surface area contributed by atoms with Crippen molar-refractivity contribution >= 4 is 0 Å². The molecule has 1 nitrogen and oxygen atoms in total. The Labute approximate surface area is 108 Å². The van der Waals surface area contributed by atoms with Crippen molar-refractivity contribution in [2.75, 3.05) is 13.1 Å². The number of likely N-dealkylation sites (tertiary alicyclic amines) is 1. The van der Waals surface area contributed by atoms with E-state index in [-0.39, 0.29) is 0 Å². The minimum atomic E-state index is 1.28. The van der Waals surface area contributed by atoms with Crippen molar-refractivity contribution in [2.24, 2.45) is 0 Å². The molecule has 1 heteroatoms. The summed E-state index contributed by atoms with van der Waals surface area (Å²) in [6.45, 7) is 4.85. The summed E-state index contributed by atoms with van der Waals surface area (Å²) in [4.78, 5) is 2.49. The van der Waals surface area contributed by atoms with Crippen LogP contribution in [0.2, 0.25) is 0 Å². The predicted octanol–water partition coefficient (Wildman–Crippen LogP) is 5.13. The molecule has 0 unspecified atom stereocenters. The Kier molecular flexibility index (Phi) is 9.17. The predicted molar refractivity (Wildman–Crippen MR) is 77.2 cm³/mol. The Hall–Kier alpha value is -0.460. The third-order valence-corrected chi connectivity index (χ3v) is 3.68. The van der Waals surface area contributed by atoms with Crippen molar-refractivity contribution in [2.45, 2.75) is 77.6 Å². The number of hydrogen-bond donors (Lipinski definition) is 0. The lowest BCUT2D eigenvalue weighted by Gasteiger charge is -2.24. The van der Waals surface area contributed by atoms with Gasteiger partial charge >= 0.3 is 0 Å². The molecule has 0 aromatic carbocycles. The van der Waals surface area contributed by atoms with Crippen LogP contribution < -0.4 is 0 Å². The Balaban J connectivity index is 1.84. The second kappa shape index (κ2) is 10.7. The second-order valence-electron chi connectivity index (χ2n) is 5.39. The van der Waals surface area contributed by atoms with Gasteiger partial charge in [-0.15, -0.1) is 0 Å². The maximum atomic E-state index is 2.49. The molecule has 1 saturated heterocycles. The van der Waals surface area contributed by atoms with E-state index in [1.54, 1.807) is 0 Å². The van der Waals surface area contributed by atoms with Crippen molar-refractivity contribution in [3.05, 3.63) is 12.3 Å². The Morgan fingerprint density at radius 2 is 1.47 bits per heavy atom. The van der Waals surface area contributed by atoms with Crippen LogP contribution >= 0.6 is 0 Å². The van der Waals surface area contributed by atoms with Gasteiger partial charge in [0.1, 0.15) is 0 Å². The van der Waals surface area contributed by atoms with Crippen molar-refractivity contribution in [1.82, 2.24) is 4.90 Å². The van der Waals surface area contributed by atoms with E-state index in [2.05, 4.69) is 24.1 Å². The van der Waals surface area contributed by atoms with Gasteiger partial charge in [0, 0.05) is 13.1 Å². The molecular weight excluding hydrogens is 206 g/mol. The van der Waals surface area contributed by atoms with E-state index in [0.717, 1.165) is 0 Å². The smallest absolute Gasteiger partial charge is 0.0172 e. The summed E-state index contributed by atoms with van der Waals surface area (Å²) in [5.41, 5.74) is 0. The molecule has 1 fully saturated rings. The van der Waals surface area contributed by atoms with Gasteiger partial charge in [-0.25, -0.2) is 0 Å². The quantitative estimate of drug-likeness (QED) is 0.503. The molecule has 0 aliphatic carbocycles. The van der Waals surface area contributed by atoms with Crippen molar-refractivity contribution < 1.29 is 0 Å². The van der Waals surface area contributed by atoms with E-state index in [9.17, 15) is 0 Å². The molecule has 0 N–H and O–H groups in total. The first-order chi connectivity index (χ1) is 8.43. The van der Waals surface area contributed by atoms with Gasteiger partial charge in [0.15, 0.2) is 0 Å². The monoisotopic (exact) mass is 237 g/mol. The summed E-state index contributed by atoms with van der Waals surface area (Å²) < 4.78 is 0. The highest BCUT2D eigenvalue weighted by Gasteiger charge is 2.04. The molecule has 100 valence electrons. The molecule has 0 aromatic rings. The van der Waals surface area contributed by atoms with Gasteiger partial charge in [-0.3, -0.25) is 0 Å². The zero-order valence-electron chi connectivity index (χ0n) is 11.8. The summed E-state index contributed by atoms with van der Waals surface area (Å²) in [6, 6.07) is 0. The number of unbranched alkanes of at least 4 members (excludes halogenated alkanes) is 7. The molecule has 1 heterocycles. The SMILES string of the molecule is CCCCCCCCC/C=C/N1CCCCC1. The van der Waals surface area contributed by atoms with E-state index in [1.807, 2.05) is 0 Å². The van der Waals surface area contributed by atoms with Crippen LogP contribution in [0.5, 0.6) is 0 Å². The average molecular weight is 237 g/mol. The molecule has 0 amide bonds. The van der Waals surface area contributed by atoms with Crippen LogP contribution in [0.3, 0.4) is 0 Å². The average Bonchev–Trinajstić information content (AvgIpc) is 2.38. The molecule has 0 saturated carbocycles. The summed E-state index contributed by atoms with van der Waals surface area (Å²) in [5.74, 6) is 0. The standard InChI is InChI=1S/C16H31N/c1-2-3-4-5-6-7-8-9-11-14-17-15-12-10-13-16-17/h11,14H,2-10,12-13,15-16H2,1H3/b14-11+. The fraction of sp³-hybridized carbons (Fsp3) is 0.875. The van der Waals surface area contributed by atoms with E-state index >= 15 is 0 Å². The lowest BCUT2D eigenvalue weighted by atomic mass is 10.1. The molecule has 0 atom stereocenters. The largest absolute Gasteiger partial charge is 0.378 e. The first-order valence-electron chi connectivity index (χ1n) is 7.84. The fourth-order valence-corrected chi connectivity index (χ4v) is 2.51. The molecule has 1 rings (SSSR count). The van der Waals surface area contributed by atoms with Crippen LogP contribution in [-0.2, 0) is 0 Å². The van der Waals surface area contributed by atoms with Gasteiger partial charge in [0.2, 0.25) is 0 Å². The van der Waals surface area contributed by atoms with Crippen LogP contribution in [-0.4, -0.2) is 18.0 Å². The van der Waals surface area contributed by atoms with Crippen LogP contribution in [0.4, 0.5) is 0 Å². The Bertz CT molecular complexity index is 180. The van der Waals surface area contributed by atoms with Crippen molar-refractivity contribution in [3.63, 3.8) is 0 Å². The van der Waals surface area contributed by atoms with Gasteiger partial charge in [-0.1, -0.05) is 51.5 Å². The van der Waals surface area contributed by atoms with Crippen LogP contribution in [0.15, 0.2) is 12.3 Å². The topological polar surface area (TPSA) is 3.24 Å².